The topological polar surface area (TPSA) is 35.6 Å². The highest BCUT2D eigenvalue weighted by molar-refractivity contribution is 6.30. The molecule has 0 aliphatic carbocycles. The standard InChI is InChI=1S/C19H20ClF2N3O/c20-15-3-1-14(2-4-15)7-8-24-9-11-25(12-10-24)19(26)23-16-5-6-17(21)18(22)13-16/h1-6,13H,7-12H2,(H,23,26). The number of rotatable bonds is 4. The molecule has 0 saturated carbocycles. The van der Waals surface area contributed by atoms with Crippen LogP contribution in [0.1, 0.15) is 5.56 Å². The molecule has 0 atom stereocenters. The van der Waals surface area contributed by atoms with E-state index >= 15 is 0 Å². The second-order valence-electron chi connectivity index (χ2n) is 6.26. The molecule has 1 aliphatic heterocycles. The highest BCUT2D eigenvalue weighted by Gasteiger charge is 2.21. The normalized spacial score (nSPS) is 15.1. The molecule has 2 aromatic carbocycles. The Morgan fingerprint density at radius 1 is 1.00 bits per heavy atom. The summed E-state index contributed by atoms with van der Waals surface area (Å²) >= 11 is 5.89. The van der Waals surface area contributed by atoms with Crippen LogP contribution < -0.4 is 5.32 Å². The third-order valence-electron chi connectivity index (χ3n) is 4.46. The smallest absolute Gasteiger partial charge is 0.321 e. The van der Waals surface area contributed by atoms with Crippen molar-refractivity contribution in [1.82, 2.24) is 9.80 Å². The Balaban J connectivity index is 1.44. The molecule has 0 unspecified atom stereocenters. The maximum absolute atomic E-state index is 13.2. The summed E-state index contributed by atoms with van der Waals surface area (Å²) in [6.07, 6.45) is 0.929. The van der Waals surface area contributed by atoms with Crippen LogP contribution >= 0.6 is 11.6 Å². The van der Waals surface area contributed by atoms with Crippen molar-refractivity contribution >= 4 is 23.3 Å². The van der Waals surface area contributed by atoms with E-state index < -0.39 is 11.6 Å². The Labute approximate surface area is 156 Å². The van der Waals surface area contributed by atoms with Crippen LogP contribution in [0.25, 0.3) is 0 Å². The monoisotopic (exact) mass is 379 g/mol. The van der Waals surface area contributed by atoms with E-state index in [1.807, 2.05) is 24.3 Å². The lowest BCUT2D eigenvalue weighted by Crippen LogP contribution is -2.50. The summed E-state index contributed by atoms with van der Waals surface area (Å²) in [6, 6.07) is 10.8. The van der Waals surface area contributed by atoms with Crippen LogP contribution in [0.2, 0.25) is 5.02 Å². The fraction of sp³-hybridized carbons (Fsp3) is 0.316. The zero-order chi connectivity index (χ0) is 18.5. The summed E-state index contributed by atoms with van der Waals surface area (Å²) in [4.78, 5) is 16.2. The number of benzene rings is 2. The molecular formula is C19H20ClF2N3O. The minimum Gasteiger partial charge on any atom is -0.322 e. The molecule has 4 nitrogen and oxygen atoms in total. The molecule has 1 aliphatic rings. The maximum Gasteiger partial charge on any atom is 0.321 e. The van der Waals surface area contributed by atoms with Gasteiger partial charge in [0.15, 0.2) is 11.6 Å². The SMILES string of the molecule is O=C(Nc1ccc(F)c(F)c1)N1CCN(CCc2ccc(Cl)cc2)CC1. The predicted molar refractivity (Wildman–Crippen MR) is 98.5 cm³/mol. The number of hydrogen-bond donors (Lipinski definition) is 1. The van der Waals surface area contributed by atoms with E-state index in [-0.39, 0.29) is 11.7 Å². The van der Waals surface area contributed by atoms with Crippen molar-refractivity contribution in [2.24, 2.45) is 0 Å². The van der Waals surface area contributed by atoms with Crippen molar-refractivity contribution < 1.29 is 13.6 Å². The molecule has 0 bridgehead atoms. The van der Waals surface area contributed by atoms with Crippen molar-refractivity contribution in [3.05, 3.63) is 64.7 Å². The second kappa shape index (κ2) is 8.47. The van der Waals surface area contributed by atoms with Gasteiger partial charge in [-0.25, -0.2) is 13.6 Å². The molecule has 2 amide bonds. The summed E-state index contributed by atoms with van der Waals surface area (Å²) in [6.45, 7) is 3.66. The quantitative estimate of drug-likeness (QED) is 0.871. The lowest BCUT2D eigenvalue weighted by Gasteiger charge is -2.34. The molecule has 1 saturated heterocycles. The molecule has 0 radical (unpaired) electrons. The molecule has 1 fully saturated rings. The van der Waals surface area contributed by atoms with Gasteiger partial charge in [-0.15, -0.1) is 0 Å². The van der Waals surface area contributed by atoms with E-state index in [0.29, 0.717) is 13.1 Å². The minimum absolute atomic E-state index is 0.249. The predicted octanol–water partition coefficient (Wildman–Crippen LogP) is 4.01. The first-order chi connectivity index (χ1) is 12.5. The van der Waals surface area contributed by atoms with E-state index in [1.54, 1.807) is 4.90 Å². The molecule has 1 heterocycles. The number of hydrogen-bond acceptors (Lipinski definition) is 2. The number of carbonyl (C=O) groups is 1. The van der Waals surface area contributed by atoms with Crippen LogP contribution in [-0.4, -0.2) is 48.6 Å². The Hall–Kier alpha value is -2.18. The largest absolute Gasteiger partial charge is 0.322 e. The van der Waals surface area contributed by atoms with Gasteiger partial charge in [0.05, 0.1) is 0 Å². The van der Waals surface area contributed by atoms with Crippen LogP contribution in [0.3, 0.4) is 0 Å². The van der Waals surface area contributed by atoms with Gasteiger partial charge < -0.3 is 10.2 Å². The Morgan fingerprint density at radius 3 is 2.35 bits per heavy atom. The lowest BCUT2D eigenvalue weighted by molar-refractivity contribution is 0.148. The molecule has 1 N–H and O–H groups in total. The molecule has 138 valence electrons. The van der Waals surface area contributed by atoms with Gasteiger partial charge in [0.1, 0.15) is 0 Å². The summed E-state index contributed by atoms with van der Waals surface area (Å²) in [5, 5.41) is 3.34. The van der Waals surface area contributed by atoms with E-state index in [9.17, 15) is 13.6 Å². The van der Waals surface area contributed by atoms with Gasteiger partial charge in [0, 0.05) is 49.5 Å². The van der Waals surface area contributed by atoms with Crippen molar-refractivity contribution in [3.8, 4) is 0 Å². The minimum atomic E-state index is -0.977. The number of carbonyl (C=O) groups excluding carboxylic acids is 1. The van der Waals surface area contributed by atoms with Gasteiger partial charge in [-0.3, -0.25) is 4.90 Å². The van der Waals surface area contributed by atoms with E-state index in [2.05, 4.69) is 10.2 Å². The van der Waals surface area contributed by atoms with Gasteiger partial charge >= 0.3 is 6.03 Å². The number of nitrogens with zero attached hydrogens (tertiary/aromatic N) is 2. The number of amides is 2. The molecule has 3 rings (SSSR count). The fourth-order valence-corrected chi connectivity index (χ4v) is 3.02. The Kier molecular flexibility index (Phi) is 6.06. The van der Waals surface area contributed by atoms with E-state index in [4.69, 9.17) is 11.6 Å². The highest BCUT2D eigenvalue weighted by atomic mass is 35.5. The molecule has 2 aromatic rings. The summed E-state index contributed by atoms with van der Waals surface area (Å²) in [5.41, 5.74) is 1.48. The third kappa shape index (κ3) is 4.93. The number of anilines is 1. The van der Waals surface area contributed by atoms with Gasteiger partial charge in [0.25, 0.3) is 0 Å². The number of urea groups is 1. The zero-order valence-corrected chi connectivity index (χ0v) is 15.0. The van der Waals surface area contributed by atoms with Crippen molar-refractivity contribution in [1.29, 1.82) is 0 Å². The van der Waals surface area contributed by atoms with Crippen LogP contribution in [0.15, 0.2) is 42.5 Å². The van der Waals surface area contributed by atoms with Crippen LogP contribution in [0.4, 0.5) is 19.3 Å². The summed E-state index contributed by atoms with van der Waals surface area (Å²) in [7, 11) is 0. The molecular weight excluding hydrogens is 360 g/mol. The first kappa shape index (κ1) is 18.6. The summed E-state index contributed by atoms with van der Waals surface area (Å²) < 4.78 is 26.2. The van der Waals surface area contributed by atoms with E-state index in [0.717, 1.165) is 43.2 Å². The third-order valence-corrected chi connectivity index (χ3v) is 4.71. The van der Waals surface area contributed by atoms with Crippen LogP contribution in [-0.2, 0) is 6.42 Å². The highest BCUT2D eigenvalue weighted by Crippen LogP contribution is 2.15. The number of nitrogens with one attached hydrogen (secondary N) is 1. The first-order valence-corrected chi connectivity index (χ1v) is 8.87. The average molecular weight is 380 g/mol. The molecule has 0 aromatic heterocycles. The molecule has 26 heavy (non-hydrogen) atoms. The fourth-order valence-electron chi connectivity index (χ4n) is 2.89. The van der Waals surface area contributed by atoms with Crippen molar-refractivity contribution in [2.45, 2.75) is 6.42 Å². The maximum atomic E-state index is 13.2. The number of piperazine rings is 1. The van der Waals surface area contributed by atoms with Gasteiger partial charge in [-0.1, -0.05) is 23.7 Å². The first-order valence-electron chi connectivity index (χ1n) is 8.49. The van der Waals surface area contributed by atoms with Gasteiger partial charge in [-0.2, -0.15) is 0 Å². The lowest BCUT2D eigenvalue weighted by atomic mass is 10.1. The Bertz CT molecular complexity index is 762. The van der Waals surface area contributed by atoms with Crippen LogP contribution in [0.5, 0.6) is 0 Å². The van der Waals surface area contributed by atoms with Crippen molar-refractivity contribution in [3.63, 3.8) is 0 Å². The summed E-state index contributed by atoms with van der Waals surface area (Å²) in [5.74, 6) is -1.91. The van der Waals surface area contributed by atoms with E-state index in [1.165, 1.54) is 11.6 Å². The second-order valence-corrected chi connectivity index (χ2v) is 6.70. The van der Waals surface area contributed by atoms with Crippen LogP contribution in [0, 0.1) is 11.6 Å². The Morgan fingerprint density at radius 2 is 1.69 bits per heavy atom. The number of halogens is 3. The molecule has 0 spiro atoms. The van der Waals surface area contributed by atoms with Crippen molar-refractivity contribution in [2.75, 3.05) is 38.0 Å². The van der Waals surface area contributed by atoms with Gasteiger partial charge in [0.2, 0.25) is 0 Å². The molecule has 7 heteroatoms. The average Bonchev–Trinajstić information content (AvgIpc) is 2.65. The van der Waals surface area contributed by atoms with Gasteiger partial charge in [-0.05, 0) is 36.2 Å². The zero-order valence-electron chi connectivity index (χ0n) is 14.2.